The molecule has 0 amide bonds. The van der Waals surface area contributed by atoms with E-state index in [2.05, 4.69) is 27.1 Å². The maximum atomic E-state index is 13.0. The summed E-state index contributed by atoms with van der Waals surface area (Å²) < 4.78 is 15.6. The number of nitrogen functional groups attached to an aromatic ring is 1. The fraction of sp³-hybridized carbons (Fsp3) is 0.111. The van der Waals surface area contributed by atoms with Gasteiger partial charge < -0.3 is 5.73 Å². The third-order valence-corrected chi connectivity index (χ3v) is 4.24. The SMILES string of the molecule is N#Cc1c(Cc2ccc(Br)cc2)nn(Cc2ccc(F)cc2)c1N. The Morgan fingerprint density at radius 1 is 1.08 bits per heavy atom. The average molecular weight is 385 g/mol. The molecule has 0 radical (unpaired) electrons. The molecule has 3 aromatic rings. The van der Waals surface area contributed by atoms with E-state index in [0.29, 0.717) is 30.0 Å². The summed E-state index contributed by atoms with van der Waals surface area (Å²) in [5, 5.41) is 13.9. The fourth-order valence-corrected chi connectivity index (χ4v) is 2.72. The van der Waals surface area contributed by atoms with Gasteiger partial charge in [-0.15, -0.1) is 0 Å². The summed E-state index contributed by atoms with van der Waals surface area (Å²) in [5.74, 6) is 0.0368. The minimum Gasteiger partial charge on any atom is -0.383 e. The predicted molar refractivity (Wildman–Crippen MR) is 93.8 cm³/mol. The third-order valence-electron chi connectivity index (χ3n) is 3.71. The summed E-state index contributed by atoms with van der Waals surface area (Å²) in [6.07, 6.45) is 0.525. The second-order valence-corrected chi connectivity index (χ2v) is 6.32. The highest BCUT2D eigenvalue weighted by atomic mass is 79.9. The number of nitrogens with two attached hydrogens (primary N) is 1. The molecule has 0 saturated carbocycles. The van der Waals surface area contributed by atoms with Crippen LogP contribution in [0.2, 0.25) is 0 Å². The van der Waals surface area contributed by atoms with E-state index < -0.39 is 0 Å². The standard InChI is InChI=1S/C18H14BrFN4/c19-14-5-1-12(2-6-14)9-17-16(10-21)18(22)24(23-17)11-13-3-7-15(20)8-4-13/h1-8H,9,11,22H2. The maximum absolute atomic E-state index is 13.0. The van der Waals surface area contributed by atoms with Gasteiger partial charge in [-0.25, -0.2) is 9.07 Å². The monoisotopic (exact) mass is 384 g/mol. The molecule has 0 aliphatic heterocycles. The first-order valence-electron chi connectivity index (χ1n) is 7.31. The van der Waals surface area contributed by atoms with Crippen molar-refractivity contribution in [1.82, 2.24) is 9.78 Å². The Balaban J connectivity index is 1.89. The van der Waals surface area contributed by atoms with Crippen LogP contribution in [0.4, 0.5) is 10.2 Å². The van der Waals surface area contributed by atoms with Crippen molar-refractivity contribution in [2.75, 3.05) is 5.73 Å². The molecule has 24 heavy (non-hydrogen) atoms. The lowest BCUT2D eigenvalue weighted by Gasteiger charge is -2.04. The van der Waals surface area contributed by atoms with E-state index in [4.69, 9.17) is 5.73 Å². The highest BCUT2D eigenvalue weighted by molar-refractivity contribution is 9.10. The van der Waals surface area contributed by atoms with E-state index in [0.717, 1.165) is 15.6 Å². The van der Waals surface area contributed by atoms with Crippen LogP contribution in [0.5, 0.6) is 0 Å². The third kappa shape index (κ3) is 3.47. The van der Waals surface area contributed by atoms with Gasteiger partial charge in [-0.2, -0.15) is 10.4 Å². The molecule has 2 N–H and O–H groups in total. The zero-order chi connectivity index (χ0) is 17.1. The molecule has 0 spiro atoms. The van der Waals surface area contributed by atoms with Gasteiger partial charge >= 0.3 is 0 Å². The van der Waals surface area contributed by atoms with Gasteiger partial charge in [0.2, 0.25) is 0 Å². The molecule has 4 nitrogen and oxygen atoms in total. The molecule has 0 unspecified atom stereocenters. The molecule has 0 fully saturated rings. The second kappa shape index (κ2) is 6.85. The van der Waals surface area contributed by atoms with Crippen LogP contribution in [0.1, 0.15) is 22.4 Å². The Morgan fingerprint density at radius 2 is 1.71 bits per heavy atom. The van der Waals surface area contributed by atoms with Crippen molar-refractivity contribution in [3.8, 4) is 6.07 Å². The first-order chi connectivity index (χ1) is 11.6. The van der Waals surface area contributed by atoms with E-state index in [1.807, 2.05) is 24.3 Å². The molecule has 120 valence electrons. The summed E-state index contributed by atoms with van der Waals surface area (Å²) in [6, 6.07) is 16.1. The molecular weight excluding hydrogens is 371 g/mol. The van der Waals surface area contributed by atoms with Crippen molar-refractivity contribution in [3.05, 3.63) is 81.2 Å². The molecule has 3 rings (SSSR count). The van der Waals surface area contributed by atoms with Crippen LogP contribution in [-0.2, 0) is 13.0 Å². The summed E-state index contributed by atoms with van der Waals surface area (Å²) >= 11 is 3.40. The fourth-order valence-electron chi connectivity index (χ4n) is 2.45. The summed E-state index contributed by atoms with van der Waals surface area (Å²) in [5.41, 5.74) is 9.00. The Labute approximate surface area is 147 Å². The lowest BCUT2D eigenvalue weighted by molar-refractivity contribution is 0.624. The van der Waals surface area contributed by atoms with E-state index in [-0.39, 0.29) is 5.82 Å². The minimum atomic E-state index is -0.291. The zero-order valence-corrected chi connectivity index (χ0v) is 14.3. The van der Waals surface area contributed by atoms with Crippen LogP contribution < -0.4 is 5.73 Å². The molecular formula is C18H14BrFN4. The van der Waals surface area contributed by atoms with Gasteiger partial charge in [0.05, 0.1) is 12.2 Å². The molecule has 0 bridgehead atoms. The number of hydrogen-bond acceptors (Lipinski definition) is 3. The molecule has 0 saturated heterocycles. The van der Waals surface area contributed by atoms with E-state index >= 15 is 0 Å². The average Bonchev–Trinajstić information content (AvgIpc) is 2.86. The number of rotatable bonds is 4. The van der Waals surface area contributed by atoms with Crippen LogP contribution in [0, 0.1) is 17.1 Å². The molecule has 1 heterocycles. The van der Waals surface area contributed by atoms with Gasteiger partial charge in [0.15, 0.2) is 0 Å². The van der Waals surface area contributed by atoms with Crippen molar-refractivity contribution in [2.24, 2.45) is 0 Å². The topological polar surface area (TPSA) is 67.6 Å². The molecule has 0 atom stereocenters. The molecule has 6 heteroatoms. The smallest absolute Gasteiger partial charge is 0.140 e. The maximum Gasteiger partial charge on any atom is 0.140 e. The van der Waals surface area contributed by atoms with Crippen molar-refractivity contribution in [3.63, 3.8) is 0 Å². The second-order valence-electron chi connectivity index (χ2n) is 5.41. The summed E-state index contributed by atoms with van der Waals surface area (Å²) in [7, 11) is 0. The van der Waals surface area contributed by atoms with Crippen molar-refractivity contribution in [2.45, 2.75) is 13.0 Å². The molecule has 0 aliphatic carbocycles. The van der Waals surface area contributed by atoms with E-state index in [1.165, 1.54) is 12.1 Å². The Morgan fingerprint density at radius 3 is 2.33 bits per heavy atom. The van der Waals surface area contributed by atoms with Gasteiger partial charge in [0.1, 0.15) is 23.3 Å². The van der Waals surface area contributed by atoms with Gasteiger partial charge in [-0.05, 0) is 35.4 Å². The predicted octanol–water partition coefficient (Wildman–Crippen LogP) is 3.88. The number of hydrogen-bond donors (Lipinski definition) is 1. The molecule has 0 aliphatic rings. The van der Waals surface area contributed by atoms with Crippen molar-refractivity contribution >= 4 is 21.7 Å². The largest absolute Gasteiger partial charge is 0.383 e. The van der Waals surface area contributed by atoms with Crippen molar-refractivity contribution in [1.29, 1.82) is 5.26 Å². The van der Waals surface area contributed by atoms with Gasteiger partial charge in [-0.3, -0.25) is 0 Å². The number of nitrogens with zero attached hydrogens (tertiary/aromatic N) is 3. The van der Waals surface area contributed by atoms with Gasteiger partial charge in [0, 0.05) is 10.9 Å². The first-order valence-corrected chi connectivity index (χ1v) is 8.10. The quantitative estimate of drug-likeness (QED) is 0.741. The number of nitriles is 1. The molecule has 1 aromatic heterocycles. The van der Waals surface area contributed by atoms with Crippen LogP contribution in [0.15, 0.2) is 53.0 Å². The van der Waals surface area contributed by atoms with E-state index in [1.54, 1.807) is 16.8 Å². The first kappa shape index (κ1) is 16.2. The lowest BCUT2D eigenvalue weighted by Crippen LogP contribution is -2.06. The van der Waals surface area contributed by atoms with Crippen molar-refractivity contribution < 1.29 is 4.39 Å². The van der Waals surface area contributed by atoms with Crippen LogP contribution in [0.3, 0.4) is 0 Å². The Hall–Kier alpha value is -2.65. The minimum absolute atomic E-state index is 0.291. The highest BCUT2D eigenvalue weighted by Crippen LogP contribution is 2.21. The lowest BCUT2D eigenvalue weighted by atomic mass is 10.1. The van der Waals surface area contributed by atoms with Gasteiger partial charge in [-0.1, -0.05) is 40.2 Å². The number of benzene rings is 2. The van der Waals surface area contributed by atoms with Crippen LogP contribution in [0.25, 0.3) is 0 Å². The zero-order valence-electron chi connectivity index (χ0n) is 12.7. The number of anilines is 1. The highest BCUT2D eigenvalue weighted by Gasteiger charge is 2.16. The summed E-state index contributed by atoms with van der Waals surface area (Å²) in [6.45, 7) is 0.390. The number of aromatic nitrogens is 2. The van der Waals surface area contributed by atoms with Crippen LogP contribution >= 0.6 is 15.9 Å². The normalized spacial score (nSPS) is 10.5. The Kier molecular flexibility index (Phi) is 4.63. The summed E-state index contributed by atoms with van der Waals surface area (Å²) in [4.78, 5) is 0. The molecule has 2 aromatic carbocycles. The van der Waals surface area contributed by atoms with Crippen LogP contribution in [-0.4, -0.2) is 9.78 Å². The Bertz CT molecular complexity index is 893. The van der Waals surface area contributed by atoms with E-state index in [9.17, 15) is 9.65 Å². The number of halogens is 2. The van der Waals surface area contributed by atoms with Gasteiger partial charge in [0.25, 0.3) is 0 Å².